The zero-order valence-corrected chi connectivity index (χ0v) is 18.4. The van der Waals surface area contributed by atoms with Gasteiger partial charge >= 0.3 is 0 Å². The molecule has 0 saturated carbocycles. The van der Waals surface area contributed by atoms with Gasteiger partial charge in [-0.2, -0.15) is 0 Å². The van der Waals surface area contributed by atoms with Crippen LogP contribution in [0.25, 0.3) is 16.6 Å². The number of anilines is 1. The number of nitrogens with zero attached hydrogens (tertiary/aromatic N) is 1. The lowest BCUT2D eigenvalue weighted by Crippen LogP contribution is -2.21. The summed E-state index contributed by atoms with van der Waals surface area (Å²) in [5.41, 5.74) is 1.88. The van der Waals surface area contributed by atoms with Crippen LogP contribution in [0.4, 0.5) is 5.69 Å². The van der Waals surface area contributed by atoms with Crippen LogP contribution in [0, 0.1) is 4.77 Å². The van der Waals surface area contributed by atoms with Gasteiger partial charge in [0.25, 0.3) is 11.5 Å². The van der Waals surface area contributed by atoms with Gasteiger partial charge in [-0.25, -0.2) is 0 Å². The van der Waals surface area contributed by atoms with Crippen LogP contribution in [0.2, 0.25) is 0 Å². The maximum absolute atomic E-state index is 13.1. The van der Waals surface area contributed by atoms with Crippen LogP contribution >= 0.6 is 12.2 Å². The van der Waals surface area contributed by atoms with E-state index in [-0.39, 0.29) is 16.2 Å². The molecule has 0 unspecified atom stereocenters. The van der Waals surface area contributed by atoms with E-state index in [4.69, 9.17) is 21.7 Å². The zero-order valence-electron chi connectivity index (χ0n) is 17.5. The molecular formula is C24H21N3O4S. The maximum atomic E-state index is 13.1. The van der Waals surface area contributed by atoms with Crippen LogP contribution in [-0.2, 0) is 0 Å². The van der Waals surface area contributed by atoms with Gasteiger partial charge in [0.1, 0.15) is 11.5 Å². The largest absolute Gasteiger partial charge is 0.497 e. The average molecular weight is 448 g/mol. The number of aromatic amines is 1. The standard InChI is InChI=1S/C24H21N3O4S/c1-3-31-19-9-5-16(6-10-19)25-22(28)15-4-13-20-21(14-15)26-24(32)27(23(20)29)17-7-11-18(30-2)12-8-17/h4-14H,3H2,1-2H3,(H,25,28)(H,26,32). The van der Waals surface area contributed by atoms with Gasteiger partial charge in [0.05, 0.1) is 30.3 Å². The van der Waals surface area contributed by atoms with Crippen LogP contribution in [0.5, 0.6) is 11.5 Å². The number of ether oxygens (including phenoxy) is 2. The molecule has 7 nitrogen and oxygen atoms in total. The number of benzene rings is 3. The van der Waals surface area contributed by atoms with Crippen LogP contribution < -0.4 is 20.3 Å². The molecule has 32 heavy (non-hydrogen) atoms. The number of hydrogen-bond acceptors (Lipinski definition) is 5. The van der Waals surface area contributed by atoms with E-state index in [0.717, 1.165) is 5.75 Å². The second-order valence-corrected chi connectivity index (χ2v) is 7.33. The SMILES string of the molecule is CCOc1ccc(NC(=O)c2ccc3c(=O)n(-c4ccc(OC)cc4)c(=S)[nH]c3c2)cc1. The molecule has 0 bridgehead atoms. The van der Waals surface area contributed by atoms with Gasteiger partial charge in [-0.3, -0.25) is 14.2 Å². The Morgan fingerprint density at radius 3 is 2.38 bits per heavy atom. The van der Waals surface area contributed by atoms with Gasteiger partial charge in [0, 0.05) is 11.3 Å². The number of amides is 1. The number of H-pyrrole nitrogens is 1. The minimum absolute atomic E-state index is 0.233. The molecule has 4 aromatic rings. The smallest absolute Gasteiger partial charge is 0.266 e. The monoisotopic (exact) mass is 447 g/mol. The second-order valence-electron chi connectivity index (χ2n) is 6.94. The van der Waals surface area contributed by atoms with E-state index >= 15 is 0 Å². The van der Waals surface area contributed by atoms with Gasteiger partial charge in [-0.15, -0.1) is 0 Å². The molecule has 4 rings (SSSR count). The van der Waals surface area contributed by atoms with Crippen LogP contribution in [-0.4, -0.2) is 29.2 Å². The van der Waals surface area contributed by atoms with E-state index in [0.29, 0.717) is 40.2 Å². The minimum Gasteiger partial charge on any atom is -0.497 e. The predicted molar refractivity (Wildman–Crippen MR) is 127 cm³/mol. The van der Waals surface area contributed by atoms with Crippen molar-refractivity contribution in [3.8, 4) is 17.2 Å². The summed E-state index contributed by atoms with van der Waals surface area (Å²) >= 11 is 5.42. The second kappa shape index (κ2) is 9.07. The summed E-state index contributed by atoms with van der Waals surface area (Å²) in [7, 11) is 1.58. The van der Waals surface area contributed by atoms with Gasteiger partial charge < -0.3 is 19.8 Å². The van der Waals surface area contributed by atoms with Crippen molar-refractivity contribution >= 4 is 34.7 Å². The number of hydrogen-bond donors (Lipinski definition) is 2. The molecule has 0 spiro atoms. The van der Waals surface area contributed by atoms with E-state index in [9.17, 15) is 9.59 Å². The first-order valence-corrected chi connectivity index (χ1v) is 10.4. The topological polar surface area (TPSA) is 85.3 Å². The quantitative estimate of drug-likeness (QED) is 0.418. The Kier molecular flexibility index (Phi) is 6.04. The lowest BCUT2D eigenvalue weighted by atomic mass is 10.1. The molecule has 0 aliphatic carbocycles. The molecule has 8 heteroatoms. The summed E-state index contributed by atoms with van der Waals surface area (Å²) in [6.45, 7) is 2.48. The summed E-state index contributed by atoms with van der Waals surface area (Å²) in [4.78, 5) is 28.9. The fourth-order valence-corrected chi connectivity index (χ4v) is 3.63. The van der Waals surface area contributed by atoms with Gasteiger partial charge in [-0.1, -0.05) is 0 Å². The van der Waals surface area contributed by atoms with Crippen molar-refractivity contribution in [3.63, 3.8) is 0 Å². The highest BCUT2D eigenvalue weighted by atomic mass is 32.1. The molecule has 0 saturated heterocycles. The third-order valence-electron chi connectivity index (χ3n) is 4.91. The van der Waals surface area contributed by atoms with Gasteiger partial charge in [-0.05, 0) is 85.9 Å². The predicted octanol–water partition coefficient (Wildman–Crippen LogP) is 4.71. The summed E-state index contributed by atoms with van der Waals surface area (Å²) in [5, 5.41) is 3.26. The molecule has 0 fully saturated rings. The van der Waals surface area contributed by atoms with Crippen molar-refractivity contribution in [3.05, 3.63) is 87.4 Å². The summed E-state index contributed by atoms with van der Waals surface area (Å²) < 4.78 is 12.2. The Morgan fingerprint density at radius 1 is 1.03 bits per heavy atom. The molecule has 0 atom stereocenters. The molecule has 0 aliphatic rings. The molecule has 3 aromatic carbocycles. The van der Waals surface area contributed by atoms with Crippen molar-refractivity contribution in [2.24, 2.45) is 0 Å². The lowest BCUT2D eigenvalue weighted by Gasteiger charge is -2.10. The molecule has 162 valence electrons. The number of methoxy groups -OCH3 is 1. The van der Waals surface area contributed by atoms with Crippen molar-refractivity contribution in [1.29, 1.82) is 0 Å². The highest BCUT2D eigenvalue weighted by molar-refractivity contribution is 7.71. The van der Waals surface area contributed by atoms with E-state index in [1.165, 1.54) is 4.57 Å². The molecular weight excluding hydrogens is 426 g/mol. The average Bonchev–Trinajstić information content (AvgIpc) is 2.80. The highest BCUT2D eigenvalue weighted by Crippen LogP contribution is 2.19. The minimum atomic E-state index is -0.297. The Bertz CT molecular complexity index is 1390. The fraction of sp³-hybridized carbons (Fsp3) is 0.125. The van der Waals surface area contributed by atoms with Crippen molar-refractivity contribution < 1.29 is 14.3 Å². The van der Waals surface area contributed by atoms with Crippen LogP contribution in [0.15, 0.2) is 71.5 Å². The number of fused-ring (bicyclic) bond motifs is 1. The summed E-state index contributed by atoms with van der Waals surface area (Å²) in [6.07, 6.45) is 0. The first-order valence-electron chi connectivity index (χ1n) is 9.98. The van der Waals surface area contributed by atoms with E-state index < -0.39 is 0 Å². The number of carbonyl (C=O) groups excluding carboxylic acids is 1. The van der Waals surface area contributed by atoms with E-state index in [1.54, 1.807) is 73.8 Å². The molecule has 2 N–H and O–H groups in total. The van der Waals surface area contributed by atoms with Crippen LogP contribution in [0.3, 0.4) is 0 Å². The Hall–Kier alpha value is -3.91. The van der Waals surface area contributed by atoms with Gasteiger partial charge in [0.2, 0.25) is 0 Å². The van der Waals surface area contributed by atoms with E-state index in [1.807, 2.05) is 6.92 Å². The molecule has 1 heterocycles. The number of carbonyl (C=O) groups is 1. The van der Waals surface area contributed by atoms with Crippen molar-refractivity contribution in [2.45, 2.75) is 6.92 Å². The Balaban J connectivity index is 1.65. The molecule has 1 aromatic heterocycles. The number of nitrogens with one attached hydrogen (secondary N) is 2. The summed E-state index contributed by atoms with van der Waals surface area (Å²) in [6, 6.07) is 19.0. The number of rotatable bonds is 6. The van der Waals surface area contributed by atoms with E-state index in [2.05, 4.69) is 10.3 Å². The molecule has 0 aliphatic heterocycles. The Labute approximate surface area is 189 Å². The normalized spacial score (nSPS) is 10.7. The van der Waals surface area contributed by atoms with Crippen molar-refractivity contribution in [1.82, 2.24) is 9.55 Å². The number of aromatic nitrogens is 2. The Morgan fingerprint density at radius 2 is 1.72 bits per heavy atom. The van der Waals surface area contributed by atoms with Crippen LogP contribution in [0.1, 0.15) is 17.3 Å². The fourth-order valence-electron chi connectivity index (χ4n) is 3.33. The highest BCUT2D eigenvalue weighted by Gasteiger charge is 2.12. The van der Waals surface area contributed by atoms with Gasteiger partial charge in [0.15, 0.2) is 4.77 Å². The third kappa shape index (κ3) is 4.26. The molecule has 0 radical (unpaired) electrons. The first-order chi connectivity index (χ1) is 15.5. The third-order valence-corrected chi connectivity index (χ3v) is 5.20. The maximum Gasteiger partial charge on any atom is 0.266 e. The molecule has 1 amide bonds. The van der Waals surface area contributed by atoms with Crippen molar-refractivity contribution in [2.75, 3.05) is 19.0 Å². The zero-order chi connectivity index (χ0) is 22.7. The lowest BCUT2D eigenvalue weighted by molar-refractivity contribution is 0.102. The summed E-state index contributed by atoms with van der Waals surface area (Å²) in [5.74, 6) is 1.12. The first kappa shape index (κ1) is 21.3.